The van der Waals surface area contributed by atoms with Crippen LogP contribution in [0, 0.1) is 0 Å². The van der Waals surface area contributed by atoms with Crippen LogP contribution in [0.1, 0.15) is 20.8 Å². The van der Waals surface area contributed by atoms with Crippen molar-refractivity contribution in [3.63, 3.8) is 0 Å². The van der Waals surface area contributed by atoms with Crippen molar-refractivity contribution in [2.75, 3.05) is 0 Å². The molecule has 0 amide bonds. The van der Waals surface area contributed by atoms with E-state index in [9.17, 15) is 5.11 Å². The van der Waals surface area contributed by atoms with E-state index in [-0.39, 0.29) is 11.1 Å². The third-order valence-corrected chi connectivity index (χ3v) is 8.41. The number of halogens is 2. The van der Waals surface area contributed by atoms with Gasteiger partial charge in [0.05, 0.1) is 6.10 Å². The number of aliphatic hydroxyl groups excluding tert-OH is 1. The van der Waals surface area contributed by atoms with E-state index in [1.807, 2.05) is 14.2 Å². The van der Waals surface area contributed by atoms with Gasteiger partial charge >= 0.3 is 0 Å². The quantitative estimate of drug-likeness (QED) is 0.460. The molecule has 100 valence electrons. The molecule has 0 rings (SSSR count). The Labute approximate surface area is 133 Å². The van der Waals surface area contributed by atoms with Crippen LogP contribution in [0.25, 0.3) is 0 Å². The van der Waals surface area contributed by atoms with E-state index in [4.69, 9.17) is 4.43 Å². The highest BCUT2D eigenvalue weighted by molar-refractivity contribution is 14.1. The first kappa shape index (κ1) is 18.1. The predicted octanol–water partition coefficient (Wildman–Crippen LogP) is 4.64. The van der Waals surface area contributed by atoms with Gasteiger partial charge in [-0.2, -0.15) is 0 Å². The smallest absolute Gasteiger partial charge is 0.193 e. The highest BCUT2D eigenvalue weighted by Gasteiger charge is 2.39. The molecule has 1 N–H and O–H groups in total. The molecule has 0 aliphatic carbocycles. The lowest BCUT2D eigenvalue weighted by atomic mass is 10.2. The van der Waals surface area contributed by atoms with Crippen molar-refractivity contribution in [2.45, 2.75) is 51.1 Å². The molecule has 0 heterocycles. The molecule has 0 aromatic heterocycles. The normalized spacial score (nSPS) is 17.9. The number of hydrogen-bond acceptors (Lipinski definition) is 2. The van der Waals surface area contributed by atoms with E-state index in [1.165, 1.54) is 0 Å². The topological polar surface area (TPSA) is 29.5 Å². The van der Waals surface area contributed by atoms with E-state index in [0.717, 1.165) is 0 Å². The van der Waals surface area contributed by atoms with Gasteiger partial charge in [0.1, 0.15) is 6.10 Å². The molecule has 0 bridgehead atoms. The molecule has 2 atom stereocenters. The Bertz CT molecular complexity index is 283. The minimum atomic E-state index is -1.85. The van der Waals surface area contributed by atoms with Crippen LogP contribution < -0.4 is 0 Å². The summed E-state index contributed by atoms with van der Waals surface area (Å²) in [7, 11) is -1.85. The molecule has 17 heavy (non-hydrogen) atoms. The van der Waals surface area contributed by atoms with E-state index in [1.54, 1.807) is 6.08 Å². The van der Waals surface area contributed by atoms with E-state index in [0.29, 0.717) is 0 Å². The van der Waals surface area contributed by atoms with Gasteiger partial charge in [0, 0.05) is 0 Å². The molecule has 0 spiro atoms. The van der Waals surface area contributed by atoms with Crippen LogP contribution >= 0.6 is 45.2 Å². The second-order valence-electron chi connectivity index (χ2n) is 5.47. The van der Waals surface area contributed by atoms with Gasteiger partial charge in [0.15, 0.2) is 8.32 Å². The molecule has 0 fully saturated rings. The molecule has 5 heteroatoms. The average molecular weight is 480 g/mol. The summed E-state index contributed by atoms with van der Waals surface area (Å²) in [6, 6.07) is 0. The molecular formula is C12H22I2O2Si. The average Bonchev–Trinajstić information content (AvgIpc) is 2.15. The van der Waals surface area contributed by atoms with Crippen LogP contribution in [-0.2, 0) is 4.43 Å². The zero-order valence-corrected chi connectivity index (χ0v) is 16.4. The summed E-state index contributed by atoms with van der Waals surface area (Å²) < 4.78 is 9.93. The van der Waals surface area contributed by atoms with Crippen LogP contribution in [0.2, 0.25) is 18.1 Å². The van der Waals surface area contributed by atoms with E-state index >= 15 is 0 Å². The first-order valence-corrected chi connectivity index (χ1v) is 11.0. The Morgan fingerprint density at radius 3 is 1.94 bits per heavy atom. The van der Waals surface area contributed by atoms with Crippen LogP contribution in [0.15, 0.2) is 20.3 Å². The predicted molar refractivity (Wildman–Crippen MR) is 94.4 cm³/mol. The Morgan fingerprint density at radius 1 is 1.12 bits per heavy atom. The zero-order chi connectivity index (χ0) is 13.7. The van der Waals surface area contributed by atoms with Crippen molar-refractivity contribution in [2.24, 2.45) is 0 Å². The van der Waals surface area contributed by atoms with Crippen molar-refractivity contribution in [3.05, 3.63) is 20.3 Å². The van der Waals surface area contributed by atoms with Gasteiger partial charge in [-0.15, -0.1) is 0 Å². The maximum absolute atomic E-state index is 10.0. The molecule has 0 aliphatic rings. The summed E-state index contributed by atoms with van der Waals surface area (Å²) >= 11 is 4.26. The molecule has 0 unspecified atom stereocenters. The lowest BCUT2D eigenvalue weighted by Crippen LogP contribution is -2.46. The molecule has 0 aromatic carbocycles. The molecule has 2 nitrogen and oxygen atoms in total. The first-order valence-electron chi connectivity index (χ1n) is 5.55. The lowest BCUT2D eigenvalue weighted by Gasteiger charge is -2.39. The molecule has 0 aromatic rings. The fraction of sp³-hybridized carbons (Fsp3) is 0.667. The molecule has 0 aliphatic heterocycles. The first-order chi connectivity index (χ1) is 7.65. The van der Waals surface area contributed by atoms with Crippen molar-refractivity contribution in [3.8, 4) is 0 Å². The fourth-order valence-corrected chi connectivity index (χ4v) is 3.08. The Kier molecular flexibility index (Phi) is 8.10. The summed E-state index contributed by atoms with van der Waals surface area (Å²) in [5.41, 5.74) is 0. The minimum Gasteiger partial charge on any atom is -0.408 e. The molecular weight excluding hydrogens is 458 g/mol. The zero-order valence-electron chi connectivity index (χ0n) is 11.1. The Morgan fingerprint density at radius 2 is 1.59 bits per heavy atom. The Hall–Kier alpha value is 1.08. The summed E-state index contributed by atoms with van der Waals surface area (Å²) in [6.45, 7) is 11.0. The molecule has 0 saturated heterocycles. The van der Waals surface area contributed by atoms with E-state index < -0.39 is 14.4 Å². The number of rotatable bonds is 5. The van der Waals surface area contributed by atoms with Gasteiger partial charge in [-0.3, -0.25) is 0 Å². The maximum Gasteiger partial charge on any atom is 0.193 e. The molecule has 0 radical (unpaired) electrons. The summed E-state index contributed by atoms with van der Waals surface area (Å²) in [4.78, 5) is 0. The van der Waals surface area contributed by atoms with Gasteiger partial charge < -0.3 is 9.53 Å². The minimum absolute atomic E-state index is 0.151. The van der Waals surface area contributed by atoms with Crippen molar-refractivity contribution >= 4 is 53.5 Å². The van der Waals surface area contributed by atoms with Gasteiger partial charge in [0.25, 0.3) is 0 Å². The highest BCUT2D eigenvalue weighted by atomic mass is 127. The van der Waals surface area contributed by atoms with Crippen LogP contribution in [0.4, 0.5) is 0 Å². The van der Waals surface area contributed by atoms with Gasteiger partial charge in [-0.1, -0.05) is 66.0 Å². The summed E-state index contributed by atoms with van der Waals surface area (Å²) in [5.74, 6) is 0. The van der Waals surface area contributed by atoms with Gasteiger partial charge in [0.2, 0.25) is 0 Å². The second kappa shape index (κ2) is 7.61. The summed E-state index contributed by atoms with van der Waals surface area (Å²) in [5, 5.41) is 10.2. The fourth-order valence-electron chi connectivity index (χ4n) is 0.996. The number of aliphatic hydroxyl groups is 1. The third-order valence-electron chi connectivity index (χ3n) is 3.11. The van der Waals surface area contributed by atoms with Crippen molar-refractivity contribution < 1.29 is 9.53 Å². The third kappa shape index (κ3) is 6.17. The largest absolute Gasteiger partial charge is 0.408 e. The Balaban J connectivity index is 4.89. The summed E-state index contributed by atoms with van der Waals surface area (Å²) in [6.07, 6.45) is 2.85. The SMILES string of the molecule is CC(C)(C)[Si](C)(C)O[C@@H](/C=C/I)[C@@H](O)/C=C/I. The maximum atomic E-state index is 10.0. The van der Waals surface area contributed by atoms with Crippen LogP contribution in [0.3, 0.4) is 0 Å². The lowest BCUT2D eigenvalue weighted by molar-refractivity contribution is 0.0878. The monoisotopic (exact) mass is 480 g/mol. The van der Waals surface area contributed by atoms with Crippen LogP contribution in [0.5, 0.6) is 0 Å². The van der Waals surface area contributed by atoms with Gasteiger partial charge in [-0.05, 0) is 38.4 Å². The van der Waals surface area contributed by atoms with E-state index in [2.05, 4.69) is 79.0 Å². The second-order valence-corrected chi connectivity index (χ2v) is 11.7. The van der Waals surface area contributed by atoms with Crippen LogP contribution in [-0.4, -0.2) is 25.6 Å². The standard InChI is InChI=1S/C12H22I2O2Si/c1-12(2,3)17(4,5)16-11(7-9-14)10(15)6-8-13/h6-11,15H,1-5H3/b8-6+,9-7+/t10-,11-/m0/s1. The molecule has 0 saturated carbocycles. The van der Waals surface area contributed by atoms with Gasteiger partial charge in [-0.25, -0.2) is 0 Å². The van der Waals surface area contributed by atoms with Crippen molar-refractivity contribution in [1.82, 2.24) is 0 Å². The van der Waals surface area contributed by atoms with Crippen molar-refractivity contribution in [1.29, 1.82) is 0 Å². The highest BCUT2D eigenvalue weighted by Crippen LogP contribution is 2.37. The number of hydrogen-bond donors (Lipinski definition) is 1.